The van der Waals surface area contributed by atoms with Crippen LogP contribution in [-0.4, -0.2) is 23.5 Å². The van der Waals surface area contributed by atoms with Gasteiger partial charge in [0.05, 0.1) is 0 Å². The topological polar surface area (TPSA) is 29.1 Å². The van der Waals surface area contributed by atoms with Gasteiger partial charge in [-0.05, 0) is 12.5 Å². The Balaban J connectivity index is 2.48. The zero-order chi connectivity index (χ0) is 7.56. The number of Topliss-reactive ketones (excluding diaryl/α,β-unsaturated/α-hetero) is 1. The maximum absolute atomic E-state index is 11.2. The molecule has 0 radical (unpaired) electrons. The third-order valence-electron chi connectivity index (χ3n) is 1.38. The van der Waals surface area contributed by atoms with Crippen molar-refractivity contribution in [2.45, 2.75) is 12.3 Å². The van der Waals surface area contributed by atoms with E-state index >= 15 is 0 Å². The minimum atomic E-state index is -0.0162. The summed E-state index contributed by atoms with van der Waals surface area (Å²) in [6.07, 6.45) is 0. The molecule has 0 saturated carbocycles. The second-order valence-electron chi connectivity index (χ2n) is 2.35. The first kappa shape index (κ1) is 7.82. The van der Waals surface area contributed by atoms with Gasteiger partial charge in [-0.25, -0.2) is 0 Å². The number of nitrogens with one attached hydrogen (secondary N) is 1. The predicted molar refractivity (Wildman–Crippen MR) is 44.1 cm³/mol. The lowest BCUT2D eigenvalue weighted by Gasteiger charge is -2.05. The number of carbonyl (C=O) groups is 1. The Labute approximate surface area is 65.1 Å². The molecule has 1 atom stereocenters. The van der Waals surface area contributed by atoms with Crippen molar-refractivity contribution in [3.8, 4) is 0 Å². The second kappa shape index (κ2) is 3.21. The van der Waals surface area contributed by atoms with E-state index in [-0.39, 0.29) is 11.2 Å². The molecule has 0 aromatic heterocycles. The summed E-state index contributed by atoms with van der Waals surface area (Å²) in [7, 11) is 0. The van der Waals surface area contributed by atoms with Gasteiger partial charge in [0.1, 0.15) is 5.37 Å². The monoisotopic (exact) mass is 157 g/mol. The Morgan fingerprint density at radius 2 is 2.50 bits per heavy atom. The molecule has 1 rings (SSSR count). The first-order chi connectivity index (χ1) is 4.72. The Kier molecular flexibility index (Phi) is 2.51. The van der Waals surface area contributed by atoms with Gasteiger partial charge in [-0.2, -0.15) is 0 Å². The molecule has 0 amide bonds. The first-order valence-electron chi connectivity index (χ1n) is 3.26. The summed E-state index contributed by atoms with van der Waals surface area (Å²) in [6.45, 7) is 6.29. The lowest BCUT2D eigenvalue weighted by Crippen LogP contribution is -2.28. The zero-order valence-electron chi connectivity index (χ0n) is 6.02. The Morgan fingerprint density at radius 3 is 2.90 bits per heavy atom. The minimum Gasteiger partial charge on any atom is -0.298 e. The number of hydrogen-bond acceptors (Lipinski definition) is 3. The molecule has 1 unspecified atom stereocenters. The standard InChI is InChI=1S/C7H11NOS/c1-5(2)6(9)7-8-3-4-10-7/h7-8H,1,3-4H2,2H3. The molecule has 56 valence electrons. The van der Waals surface area contributed by atoms with E-state index in [9.17, 15) is 4.79 Å². The average Bonchev–Trinajstić information content (AvgIpc) is 2.36. The van der Waals surface area contributed by atoms with Gasteiger partial charge < -0.3 is 0 Å². The number of rotatable bonds is 2. The van der Waals surface area contributed by atoms with Gasteiger partial charge >= 0.3 is 0 Å². The van der Waals surface area contributed by atoms with Crippen LogP contribution in [0.15, 0.2) is 12.2 Å². The van der Waals surface area contributed by atoms with E-state index in [0.29, 0.717) is 5.57 Å². The Morgan fingerprint density at radius 1 is 1.80 bits per heavy atom. The van der Waals surface area contributed by atoms with Gasteiger partial charge in [0.15, 0.2) is 5.78 Å². The van der Waals surface area contributed by atoms with Crippen LogP contribution in [0.1, 0.15) is 6.92 Å². The molecule has 3 heteroatoms. The molecule has 1 N–H and O–H groups in total. The highest BCUT2D eigenvalue weighted by molar-refractivity contribution is 8.00. The summed E-state index contributed by atoms with van der Waals surface area (Å²) >= 11 is 1.66. The van der Waals surface area contributed by atoms with E-state index in [1.807, 2.05) is 0 Å². The van der Waals surface area contributed by atoms with Gasteiger partial charge in [-0.15, -0.1) is 11.8 Å². The molecule has 1 fully saturated rings. The van der Waals surface area contributed by atoms with Gasteiger partial charge in [-0.1, -0.05) is 6.58 Å². The van der Waals surface area contributed by atoms with Crippen LogP contribution in [0.4, 0.5) is 0 Å². The SMILES string of the molecule is C=C(C)C(=O)C1NCCS1. The number of ketones is 1. The lowest BCUT2D eigenvalue weighted by atomic mass is 10.2. The average molecular weight is 157 g/mol. The van der Waals surface area contributed by atoms with Crippen molar-refractivity contribution in [2.24, 2.45) is 0 Å². The molecule has 10 heavy (non-hydrogen) atoms. The van der Waals surface area contributed by atoms with Gasteiger partial charge in [0.2, 0.25) is 0 Å². The van der Waals surface area contributed by atoms with Crippen LogP contribution >= 0.6 is 11.8 Å². The zero-order valence-corrected chi connectivity index (χ0v) is 6.83. The molecule has 1 saturated heterocycles. The van der Waals surface area contributed by atoms with E-state index in [1.165, 1.54) is 0 Å². The van der Waals surface area contributed by atoms with Crippen LogP contribution in [0.25, 0.3) is 0 Å². The highest BCUT2D eigenvalue weighted by Gasteiger charge is 2.22. The predicted octanol–water partition coefficient (Wildman–Crippen LogP) is 0.794. The fourth-order valence-corrected chi connectivity index (χ4v) is 1.88. The number of hydrogen-bond donors (Lipinski definition) is 1. The largest absolute Gasteiger partial charge is 0.298 e. The van der Waals surface area contributed by atoms with Crippen molar-refractivity contribution < 1.29 is 4.79 Å². The highest BCUT2D eigenvalue weighted by Crippen LogP contribution is 2.16. The molecule has 0 aliphatic carbocycles. The number of thioether (sulfide) groups is 1. The molecule has 1 aliphatic rings. The van der Waals surface area contributed by atoms with Gasteiger partial charge in [0, 0.05) is 12.3 Å². The van der Waals surface area contributed by atoms with E-state index in [2.05, 4.69) is 11.9 Å². The van der Waals surface area contributed by atoms with Crippen LogP contribution in [-0.2, 0) is 4.79 Å². The van der Waals surface area contributed by atoms with Crippen LogP contribution < -0.4 is 5.32 Å². The van der Waals surface area contributed by atoms with Crippen molar-refractivity contribution in [1.82, 2.24) is 5.32 Å². The summed E-state index contributed by atoms with van der Waals surface area (Å²) < 4.78 is 0. The minimum absolute atomic E-state index is 0.0162. The molecule has 0 bridgehead atoms. The first-order valence-corrected chi connectivity index (χ1v) is 4.31. The van der Waals surface area contributed by atoms with E-state index in [4.69, 9.17) is 0 Å². The summed E-state index contributed by atoms with van der Waals surface area (Å²) in [5.74, 6) is 1.17. The van der Waals surface area contributed by atoms with Crippen LogP contribution in [0.5, 0.6) is 0 Å². The van der Waals surface area contributed by atoms with Crippen molar-refractivity contribution in [3.05, 3.63) is 12.2 Å². The molecule has 1 aliphatic heterocycles. The maximum Gasteiger partial charge on any atom is 0.185 e. The smallest absolute Gasteiger partial charge is 0.185 e. The van der Waals surface area contributed by atoms with E-state index in [0.717, 1.165) is 12.3 Å². The van der Waals surface area contributed by atoms with Crippen LogP contribution in [0.3, 0.4) is 0 Å². The second-order valence-corrected chi connectivity index (χ2v) is 3.56. The van der Waals surface area contributed by atoms with Crippen molar-refractivity contribution in [2.75, 3.05) is 12.3 Å². The van der Waals surface area contributed by atoms with Gasteiger partial charge in [-0.3, -0.25) is 10.1 Å². The number of carbonyl (C=O) groups excluding carboxylic acids is 1. The highest BCUT2D eigenvalue weighted by atomic mass is 32.2. The molecular weight excluding hydrogens is 146 g/mol. The van der Waals surface area contributed by atoms with Crippen LogP contribution in [0.2, 0.25) is 0 Å². The molecular formula is C7H11NOS. The Hall–Kier alpha value is -0.280. The summed E-state index contributed by atoms with van der Waals surface area (Å²) in [6, 6.07) is 0. The molecule has 2 nitrogen and oxygen atoms in total. The van der Waals surface area contributed by atoms with Gasteiger partial charge in [0.25, 0.3) is 0 Å². The fourth-order valence-electron chi connectivity index (χ4n) is 0.818. The summed E-state index contributed by atoms with van der Waals surface area (Å²) in [5, 5.41) is 3.07. The van der Waals surface area contributed by atoms with Crippen LogP contribution in [0, 0.1) is 0 Å². The van der Waals surface area contributed by atoms with E-state index < -0.39 is 0 Å². The third-order valence-corrected chi connectivity index (χ3v) is 2.53. The fraction of sp³-hybridized carbons (Fsp3) is 0.571. The quantitative estimate of drug-likeness (QED) is 0.601. The third kappa shape index (κ3) is 1.61. The lowest BCUT2D eigenvalue weighted by molar-refractivity contribution is -0.115. The molecule has 1 heterocycles. The summed E-state index contributed by atoms with van der Waals surface area (Å²) in [4.78, 5) is 11.2. The van der Waals surface area contributed by atoms with Crippen molar-refractivity contribution >= 4 is 17.5 Å². The summed E-state index contributed by atoms with van der Waals surface area (Å²) in [5.41, 5.74) is 0.645. The molecule has 0 aromatic rings. The van der Waals surface area contributed by atoms with E-state index in [1.54, 1.807) is 18.7 Å². The van der Waals surface area contributed by atoms with Crippen molar-refractivity contribution in [3.63, 3.8) is 0 Å². The normalized spacial score (nSPS) is 24.7. The Bertz CT molecular complexity index is 161. The maximum atomic E-state index is 11.2. The molecule has 0 spiro atoms. The molecule has 0 aromatic carbocycles. The van der Waals surface area contributed by atoms with Crippen molar-refractivity contribution in [1.29, 1.82) is 0 Å².